The second kappa shape index (κ2) is 9.57. The first-order valence-corrected chi connectivity index (χ1v) is 11.1. The van der Waals surface area contributed by atoms with Crippen molar-refractivity contribution in [3.63, 3.8) is 0 Å². The molecular weight excluding hydrogens is 422 g/mol. The highest BCUT2D eigenvalue weighted by atomic mass is 16.1. The summed E-state index contributed by atoms with van der Waals surface area (Å²) in [6.45, 7) is 0.629. The van der Waals surface area contributed by atoms with Gasteiger partial charge in [-0.15, -0.1) is 0 Å². The van der Waals surface area contributed by atoms with Crippen LogP contribution in [0.15, 0.2) is 97.7 Å². The lowest BCUT2D eigenvalue weighted by atomic mass is 9.96. The molecular formula is C28H23N5O. The fourth-order valence-electron chi connectivity index (χ4n) is 4.16. The van der Waals surface area contributed by atoms with Gasteiger partial charge in [0.2, 0.25) is 0 Å². The first kappa shape index (κ1) is 21.4. The van der Waals surface area contributed by atoms with Crippen LogP contribution in [0.5, 0.6) is 0 Å². The number of rotatable bonds is 8. The molecule has 34 heavy (non-hydrogen) atoms. The van der Waals surface area contributed by atoms with Gasteiger partial charge in [-0.2, -0.15) is 5.26 Å². The zero-order chi connectivity index (χ0) is 23.3. The molecule has 0 aliphatic heterocycles. The number of aromatic nitrogens is 3. The fourth-order valence-corrected chi connectivity index (χ4v) is 4.16. The van der Waals surface area contributed by atoms with Gasteiger partial charge in [0, 0.05) is 47.3 Å². The van der Waals surface area contributed by atoms with Crippen molar-refractivity contribution in [1.29, 1.82) is 5.26 Å². The van der Waals surface area contributed by atoms with Crippen LogP contribution in [0.25, 0.3) is 16.6 Å². The molecule has 2 N–H and O–H groups in total. The summed E-state index contributed by atoms with van der Waals surface area (Å²) in [6.07, 6.45) is 7.92. The number of carbonyl (C=O) groups excluding carboxylic acids is 1. The summed E-state index contributed by atoms with van der Waals surface area (Å²) in [5, 5.41) is 13.3. The van der Waals surface area contributed by atoms with E-state index < -0.39 is 6.04 Å². The number of hydrogen-bond acceptors (Lipinski definition) is 4. The van der Waals surface area contributed by atoms with Crippen molar-refractivity contribution in [2.24, 2.45) is 0 Å². The second-order valence-corrected chi connectivity index (χ2v) is 8.12. The molecule has 0 aliphatic rings. The lowest BCUT2D eigenvalue weighted by Gasteiger charge is -2.18. The number of Topliss-reactive ketones (excluding diaryl/α,β-unsaturated/α-hetero) is 1. The maximum absolute atomic E-state index is 13.7. The highest BCUT2D eigenvalue weighted by molar-refractivity contribution is 6.10. The van der Waals surface area contributed by atoms with Crippen LogP contribution in [-0.4, -0.2) is 26.9 Å². The number of carbonyl (C=O) groups is 1. The number of nitrogens with one attached hydrogen (secondary N) is 2. The van der Waals surface area contributed by atoms with E-state index in [1.54, 1.807) is 18.7 Å². The van der Waals surface area contributed by atoms with Crippen LogP contribution in [0.3, 0.4) is 0 Å². The molecule has 3 aromatic carbocycles. The first-order chi connectivity index (χ1) is 16.7. The van der Waals surface area contributed by atoms with Gasteiger partial charge in [0.15, 0.2) is 5.78 Å². The van der Waals surface area contributed by atoms with E-state index in [0.717, 1.165) is 34.1 Å². The minimum atomic E-state index is -0.466. The summed E-state index contributed by atoms with van der Waals surface area (Å²) in [4.78, 5) is 21.1. The van der Waals surface area contributed by atoms with Crippen molar-refractivity contribution >= 4 is 16.7 Å². The minimum absolute atomic E-state index is 0.0210. The third-order valence-corrected chi connectivity index (χ3v) is 5.97. The Morgan fingerprint density at radius 2 is 1.91 bits per heavy atom. The van der Waals surface area contributed by atoms with Gasteiger partial charge in [-0.1, -0.05) is 48.5 Å². The van der Waals surface area contributed by atoms with Gasteiger partial charge >= 0.3 is 0 Å². The van der Waals surface area contributed by atoms with E-state index in [0.29, 0.717) is 17.7 Å². The van der Waals surface area contributed by atoms with Crippen molar-refractivity contribution in [1.82, 2.24) is 19.9 Å². The number of H-pyrrole nitrogens is 1. The third kappa shape index (κ3) is 4.38. The van der Waals surface area contributed by atoms with Crippen molar-refractivity contribution < 1.29 is 4.79 Å². The molecule has 6 nitrogen and oxygen atoms in total. The quantitative estimate of drug-likeness (QED) is 0.330. The van der Waals surface area contributed by atoms with Crippen molar-refractivity contribution in [3.8, 4) is 11.8 Å². The molecule has 0 amide bonds. The maximum Gasteiger partial charge on any atom is 0.186 e. The minimum Gasteiger partial charge on any atom is -0.360 e. The number of nitriles is 1. The lowest BCUT2D eigenvalue weighted by molar-refractivity contribution is 0.0945. The number of ketones is 1. The van der Waals surface area contributed by atoms with Crippen LogP contribution in [0.1, 0.15) is 33.1 Å². The maximum atomic E-state index is 13.7. The predicted molar refractivity (Wildman–Crippen MR) is 132 cm³/mol. The average molecular weight is 446 g/mol. The Bertz CT molecular complexity index is 1440. The molecule has 0 saturated carbocycles. The lowest BCUT2D eigenvalue weighted by Crippen LogP contribution is -2.30. The van der Waals surface area contributed by atoms with E-state index in [2.05, 4.69) is 21.4 Å². The summed E-state index contributed by atoms with van der Waals surface area (Å²) < 4.78 is 1.93. The van der Waals surface area contributed by atoms with E-state index in [1.165, 1.54) is 0 Å². The molecule has 0 radical (unpaired) electrons. The number of imidazole rings is 1. The molecule has 0 bridgehead atoms. The van der Waals surface area contributed by atoms with Crippen LogP contribution >= 0.6 is 0 Å². The number of benzene rings is 3. The standard InChI is InChI=1S/C28H23N5O/c29-17-21-8-6-20(7-9-21)12-13-31-27(22-4-2-1-3-5-22)28(34)25-18-32-26-16-23(10-11-24(25)26)33-15-14-30-19-33/h1-11,14-16,18-19,27,31-32H,12-13H2/t27-/m0/s1. The zero-order valence-electron chi connectivity index (χ0n) is 18.5. The third-order valence-electron chi connectivity index (χ3n) is 5.97. The SMILES string of the molecule is N#Cc1ccc(CCN[C@H](C(=O)c2c[nH]c3cc(-n4ccnc4)ccc23)c2ccccc2)cc1. The summed E-state index contributed by atoms with van der Waals surface area (Å²) in [5.74, 6) is 0.0210. The van der Waals surface area contributed by atoms with E-state index in [9.17, 15) is 4.79 Å². The zero-order valence-corrected chi connectivity index (χ0v) is 18.5. The molecule has 0 unspecified atom stereocenters. The number of fused-ring (bicyclic) bond motifs is 1. The first-order valence-electron chi connectivity index (χ1n) is 11.1. The summed E-state index contributed by atoms with van der Waals surface area (Å²) >= 11 is 0. The Hall–Kier alpha value is -4.47. The largest absolute Gasteiger partial charge is 0.360 e. The van der Waals surface area contributed by atoms with E-state index in [-0.39, 0.29) is 5.78 Å². The monoisotopic (exact) mass is 445 g/mol. The normalized spacial score (nSPS) is 11.9. The smallest absolute Gasteiger partial charge is 0.186 e. The molecule has 6 heteroatoms. The Balaban J connectivity index is 1.39. The van der Waals surface area contributed by atoms with Crippen molar-refractivity contribution in [2.75, 3.05) is 6.54 Å². The summed E-state index contributed by atoms with van der Waals surface area (Å²) in [5.41, 5.74) is 5.23. The van der Waals surface area contributed by atoms with E-state index in [4.69, 9.17) is 5.26 Å². The van der Waals surface area contributed by atoms with Gasteiger partial charge in [0.05, 0.1) is 24.0 Å². The van der Waals surface area contributed by atoms with Gasteiger partial charge in [0.1, 0.15) is 0 Å². The molecule has 2 aromatic heterocycles. The molecule has 0 spiro atoms. The Morgan fingerprint density at radius 1 is 1.09 bits per heavy atom. The average Bonchev–Trinajstić information content (AvgIpc) is 3.57. The van der Waals surface area contributed by atoms with Crippen LogP contribution in [0, 0.1) is 11.3 Å². The molecule has 0 fully saturated rings. The molecule has 1 atom stereocenters. The Morgan fingerprint density at radius 3 is 2.65 bits per heavy atom. The highest BCUT2D eigenvalue weighted by Crippen LogP contribution is 2.26. The van der Waals surface area contributed by atoms with Gasteiger partial charge in [-0.25, -0.2) is 4.98 Å². The molecule has 0 saturated heterocycles. The van der Waals surface area contributed by atoms with Gasteiger partial charge in [0.25, 0.3) is 0 Å². The number of hydrogen-bond donors (Lipinski definition) is 2. The fraction of sp³-hybridized carbons (Fsp3) is 0.107. The summed E-state index contributed by atoms with van der Waals surface area (Å²) in [7, 11) is 0. The topological polar surface area (TPSA) is 86.5 Å². The molecule has 2 heterocycles. The van der Waals surface area contributed by atoms with Gasteiger partial charge in [-0.3, -0.25) is 4.79 Å². The second-order valence-electron chi connectivity index (χ2n) is 8.12. The van der Waals surface area contributed by atoms with Crippen LogP contribution in [0.4, 0.5) is 0 Å². The molecule has 5 rings (SSSR count). The van der Waals surface area contributed by atoms with Gasteiger partial charge < -0.3 is 14.9 Å². The molecule has 0 aliphatic carbocycles. The van der Waals surface area contributed by atoms with Crippen molar-refractivity contribution in [2.45, 2.75) is 12.5 Å². The number of nitrogens with zero attached hydrogens (tertiary/aromatic N) is 3. The Labute approximate surface area is 197 Å². The highest BCUT2D eigenvalue weighted by Gasteiger charge is 2.24. The van der Waals surface area contributed by atoms with Crippen LogP contribution in [-0.2, 0) is 6.42 Å². The van der Waals surface area contributed by atoms with Crippen molar-refractivity contribution in [3.05, 3.63) is 120 Å². The van der Waals surface area contributed by atoms with Gasteiger partial charge in [-0.05, 0) is 41.8 Å². The van der Waals surface area contributed by atoms with E-state index >= 15 is 0 Å². The van der Waals surface area contributed by atoms with Crippen LogP contribution in [0.2, 0.25) is 0 Å². The van der Waals surface area contributed by atoms with Crippen LogP contribution < -0.4 is 5.32 Å². The predicted octanol–water partition coefficient (Wildman–Crippen LogP) is 4.98. The van der Waals surface area contributed by atoms with E-state index in [1.807, 2.05) is 83.6 Å². The molecule has 5 aromatic rings. The Kier molecular flexibility index (Phi) is 6.02. The number of aromatic amines is 1. The summed E-state index contributed by atoms with van der Waals surface area (Å²) in [6, 6.07) is 25.0. The molecule has 166 valence electrons.